The Balaban J connectivity index is 1.59. The molecule has 5 aromatic carbocycles. The third-order valence-corrected chi connectivity index (χ3v) is 7.18. The number of fused-ring (bicyclic) bond motifs is 2. The highest BCUT2D eigenvalue weighted by atomic mass is 16.5. The molecule has 0 saturated carbocycles. The molecule has 0 aliphatic carbocycles. The number of aryl methyl sites for hydroxylation is 1. The molecule has 38 heavy (non-hydrogen) atoms. The quantitative estimate of drug-likeness (QED) is 0.239. The molecular formula is C34H28N2O2. The monoisotopic (exact) mass is 496 g/mol. The van der Waals surface area contributed by atoms with E-state index in [-0.39, 0.29) is 5.75 Å². The lowest BCUT2D eigenvalue weighted by molar-refractivity contribution is 0.469. The summed E-state index contributed by atoms with van der Waals surface area (Å²) in [7, 11) is 0. The summed E-state index contributed by atoms with van der Waals surface area (Å²) in [5.41, 5.74) is 10.1. The van der Waals surface area contributed by atoms with E-state index in [1.54, 1.807) is 6.07 Å². The van der Waals surface area contributed by atoms with Gasteiger partial charge in [-0.25, -0.2) is 0 Å². The second-order valence-corrected chi connectivity index (χ2v) is 9.69. The topological polar surface area (TPSA) is 56.6 Å². The molecule has 0 unspecified atom stereocenters. The van der Waals surface area contributed by atoms with Gasteiger partial charge in [0.05, 0.1) is 17.1 Å². The van der Waals surface area contributed by atoms with Crippen molar-refractivity contribution in [1.82, 2.24) is 0 Å². The van der Waals surface area contributed by atoms with Crippen LogP contribution in [0.2, 0.25) is 0 Å². The summed E-state index contributed by atoms with van der Waals surface area (Å²) in [4.78, 5) is 2.04. The van der Waals surface area contributed by atoms with E-state index in [4.69, 9.17) is 10.1 Å². The number of ether oxygens (including phenoxy) is 1. The predicted molar refractivity (Wildman–Crippen MR) is 156 cm³/mol. The van der Waals surface area contributed by atoms with Crippen LogP contribution in [0.4, 0.5) is 17.1 Å². The van der Waals surface area contributed by atoms with E-state index in [1.165, 1.54) is 5.56 Å². The van der Waals surface area contributed by atoms with Gasteiger partial charge in [0.1, 0.15) is 5.75 Å². The van der Waals surface area contributed by atoms with Gasteiger partial charge in [-0.05, 0) is 84.5 Å². The first-order chi connectivity index (χ1) is 18.4. The van der Waals surface area contributed by atoms with Crippen LogP contribution >= 0.6 is 0 Å². The van der Waals surface area contributed by atoms with Crippen molar-refractivity contribution >= 4 is 22.8 Å². The van der Waals surface area contributed by atoms with Crippen molar-refractivity contribution in [2.24, 2.45) is 0 Å². The van der Waals surface area contributed by atoms with E-state index in [2.05, 4.69) is 37.3 Å². The van der Waals surface area contributed by atoms with Crippen molar-refractivity contribution < 1.29 is 9.84 Å². The van der Waals surface area contributed by atoms with Crippen molar-refractivity contribution in [3.8, 4) is 39.5 Å². The maximum Gasteiger partial charge on any atom is 0.152 e. The number of para-hydroxylation sites is 4. The highest BCUT2D eigenvalue weighted by molar-refractivity contribution is 6.08. The smallest absolute Gasteiger partial charge is 0.152 e. The summed E-state index contributed by atoms with van der Waals surface area (Å²) in [5, 5.41) is 19.6. The molecular weight excluding hydrogens is 468 g/mol. The second-order valence-electron chi connectivity index (χ2n) is 9.69. The predicted octanol–water partition coefficient (Wildman–Crippen LogP) is 9.31. The standard InChI is InChI=1S/C34H28N2O2/c1-21-19-25(24-11-5-4-6-12-24)17-18-26(21)27-20-32-34(22(2)33(27)23(3)35)36(28-13-7-9-15-30(28)37)29-14-8-10-16-31(29)38-32/h4-20,35,37H,1-3H3. The Bertz CT molecular complexity index is 1700. The molecule has 0 saturated heterocycles. The lowest BCUT2D eigenvalue weighted by Gasteiger charge is -2.35. The first kappa shape index (κ1) is 23.6. The summed E-state index contributed by atoms with van der Waals surface area (Å²) in [6.07, 6.45) is 0. The molecule has 0 atom stereocenters. The zero-order valence-electron chi connectivity index (χ0n) is 21.6. The summed E-state index contributed by atoms with van der Waals surface area (Å²) >= 11 is 0. The molecule has 1 heterocycles. The molecule has 0 fully saturated rings. The van der Waals surface area contributed by atoms with Gasteiger partial charge in [0.2, 0.25) is 0 Å². The molecule has 0 bridgehead atoms. The molecule has 5 aromatic rings. The maximum absolute atomic E-state index is 10.8. The van der Waals surface area contributed by atoms with Gasteiger partial charge in [0.15, 0.2) is 11.5 Å². The SMILES string of the molecule is CC(=N)c1c(-c2ccc(-c3ccccc3)cc2C)cc2c(c1C)N(c1ccccc1O)c1ccccc1O2. The molecule has 0 aromatic heterocycles. The van der Waals surface area contributed by atoms with Crippen LogP contribution in [0.3, 0.4) is 0 Å². The highest BCUT2D eigenvalue weighted by Crippen LogP contribution is 2.55. The van der Waals surface area contributed by atoms with Crippen LogP contribution in [-0.2, 0) is 0 Å². The van der Waals surface area contributed by atoms with E-state index >= 15 is 0 Å². The van der Waals surface area contributed by atoms with E-state index in [1.807, 2.05) is 85.5 Å². The van der Waals surface area contributed by atoms with Crippen molar-refractivity contribution in [1.29, 1.82) is 5.41 Å². The van der Waals surface area contributed by atoms with E-state index in [0.29, 0.717) is 22.9 Å². The van der Waals surface area contributed by atoms with Crippen molar-refractivity contribution in [2.45, 2.75) is 20.8 Å². The van der Waals surface area contributed by atoms with Crippen LogP contribution < -0.4 is 9.64 Å². The van der Waals surface area contributed by atoms with Crippen LogP contribution in [0, 0.1) is 19.3 Å². The number of aromatic hydroxyl groups is 1. The van der Waals surface area contributed by atoms with Crippen LogP contribution in [-0.4, -0.2) is 10.8 Å². The van der Waals surface area contributed by atoms with Crippen LogP contribution in [0.1, 0.15) is 23.6 Å². The minimum absolute atomic E-state index is 0.180. The van der Waals surface area contributed by atoms with Crippen molar-refractivity contribution in [3.63, 3.8) is 0 Å². The van der Waals surface area contributed by atoms with Gasteiger partial charge in [-0.15, -0.1) is 0 Å². The van der Waals surface area contributed by atoms with Gasteiger partial charge in [0.25, 0.3) is 0 Å². The Morgan fingerprint density at radius 2 is 1.39 bits per heavy atom. The first-order valence-corrected chi connectivity index (χ1v) is 12.7. The number of phenols is 1. The average Bonchev–Trinajstić information content (AvgIpc) is 2.92. The van der Waals surface area contributed by atoms with Crippen molar-refractivity contribution in [2.75, 3.05) is 4.90 Å². The van der Waals surface area contributed by atoms with Gasteiger partial charge < -0.3 is 15.3 Å². The fourth-order valence-corrected chi connectivity index (χ4v) is 5.47. The third kappa shape index (κ3) is 3.82. The average molecular weight is 497 g/mol. The molecule has 0 amide bonds. The normalized spacial score (nSPS) is 11.9. The zero-order valence-corrected chi connectivity index (χ0v) is 21.6. The number of nitrogens with one attached hydrogen (secondary N) is 1. The number of hydrogen-bond acceptors (Lipinski definition) is 4. The number of phenolic OH excluding ortho intramolecular Hbond substituents is 1. The molecule has 4 nitrogen and oxygen atoms in total. The Hall–Kier alpha value is -4.83. The number of nitrogens with zero attached hydrogens (tertiary/aromatic N) is 1. The molecule has 186 valence electrons. The Morgan fingerprint density at radius 1 is 0.711 bits per heavy atom. The fourth-order valence-electron chi connectivity index (χ4n) is 5.47. The number of hydrogen-bond donors (Lipinski definition) is 2. The van der Waals surface area contributed by atoms with Crippen LogP contribution in [0.5, 0.6) is 17.2 Å². The first-order valence-electron chi connectivity index (χ1n) is 12.7. The largest absolute Gasteiger partial charge is 0.506 e. The van der Waals surface area contributed by atoms with Gasteiger partial charge in [-0.2, -0.15) is 0 Å². The lowest BCUT2D eigenvalue weighted by atomic mass is 9.87. The van der Waals surface area contributed by atoms with Crippen LogP contribution in [0.25, 0.3) is 22.3 Å². The molecule has 0 radical (unpaired) electrons. The Kier molecular flexibility index (Phi) is 5.73. The van der Waals surface area contributed by atoms with Gasteiger partial charge in [-0.3, -0.25) is 4.90 Å². The zero-order chi connectivity index (χ0) is 26.4. The van der Waals surface area contributed by atoms with Gasteiger partial charge in [-0.1, -0.05) is 72.8 Å². The Labute approximate surface area is 222 Å². The number of rotatable bonds is 4. The van der Waals surface area contributed by atoms with E-state index in [9.17, 15) is 5.11 Å². The molecule has 0 spiro atoms. The lowest BCUT2D eigenvalue weighted by Crippen LogP contribution is -2.19. The third-order valence-electron chi connectivity index (χ3n) is 7.18. The summed E-state index contributed by atoms with van der Waals surface area (Å²) < 4.78 is 6.49. The van der Waals surface area contributed by atoms with E-state index < -0.39 is 0 Å². The fraction of sp³-hybridized carbons (Fsp3) is 0.0882. The molecule has 1 aliphatic heterocycles. The number of anilines is 3. The summed E-state index contributed by atoms with van der Waals surface area (Å²) in [6, 6.07) is 34.0. The molecule has 1 aliphatic rings. The van der Waals surface area contributed by atoms with E-state index in [0.717, 1.165) is 44.8 Å². The highest BCUT2D eigenvalue weighted by Gasteiger charge is 2.31. The second kappa shape index (κ2) is 9.24. The van der Waals surface area contributed by atoms with Gasteiger partial charge >= 0.3 is 0 Å². The van der Waals surface area contributed by atoms with Crippen LogP contribution in [0.15, 0.2) is 103 Å². The molecule has 6 rings (SSSR count). The maximum atomic E-state index is 10.8. The minimum Gasteiger partial charge on any atom is -0.506 e. The number of benzene rings is 5. The Morgan fingerprint density at radius 3 is 2.11 bits per heavy atom. The minimum atomic E-state index is 0.180. The van der Waals surface area contributed by atoms with Gasteiger partial charge in [0, 0.05) is 11.3 Å². The summed E-state index contributed by atoms with van der Waals surface area (Å²) in [6.45, 7) is 5.98. The summed E-state index contributed by atoms with van der Waals surface area (Å²) in [5.74, 6) is 1.58. The molecule has 4 heteroatoms. The van der Waals surface area contributed by atoms with Crippen molar-refractivity contribution in [3.05, 3.63) is 120 Å². The molecule has 2 N–H and O–H groups in total.